The summed E-state index contributed by atoms with van der Waals surface area (Å²) in [5.74, 6) is 1.22. The van der Waals surface area contributed by atoms with Gasteiger partial charge in [-0.05, 0) is 29.3 Å². The van der Waals surface area contributed by atoms with Gasteiger partial charge in [0.15, 0.2) is 0 Å². The molecule has 2 heterocycles. The van der Waals surface area contributed by atoms with E-state index in [1.807, 2.05) is 36.4 Å². The van der Waals surface area contributed by atoms with Gasteiger partial charge < -0.3 is 43.7 Å². The van der Waals surface area contributed by atoms with Crippen molar-refractivity contribution >= 4 is 6.16 Å². The molecule has 0 radical (unpaired) electrons. The van der Waals surface area contributed by atoms with Crippen molar-refractivity contribution in [2.24, 2.45) is 0 Å². The first kappa shape index (κ1) is 25.2. The van der Waals surface area contributed by atoms with E-state index in [1.54, 1.807) is 12.1 Å². The fourth-order valence-corrected chi connectivity index (χ4v) is 3.95. The van der Waals surface area contributed by atoms with Crippen LogP contribution in [0.3, 0.4) is 0 Å². The minimum absolute atomic E-state index is 0.0765. The Labute approximate surface area is 202 Å². The Bertz CT molecular complexity index is 959. The molecule has 2 aromatic carbocycles. The SMILES string of the molecule is COC(=O)OC[C@H]1O[C@@H](Oc2ccccc2Cc2ccc(O[C@@H]3CCOC3)cc2)[C@H](O)[C@@H](O)[C@@H]1O. The summed E-state index contributed by atoms with van der Waals surface area (Å²) in [5, 5.41) is 30.9. The molecule has 6 atom stereocenters. The monoisotopic (exact) mass is 490 g/mol. The maximum atomic E-state index is 11.3. The van der Waals surface area contributed by atoms with E-state index >= 15 is 0 Å². The lowest BCUT2D eigenvalue weighted by molar-refractivity contribution is -0.277. The van der Waals surface area contributed by atoms with Gasteiger partial charge in [-0.2, -0.15) is 0 Å². The molecule has 10 heteroatoms. The summed E-state index contributed by atoms with van der Waals surface area (Å²) in [7, 11) is 1.15. The molecule has 2 saturated heterocycles. The standard InChI is InChI=1S/C25H30O10/c1-30-25(29)32-14-20-21(26)22(27)23(28)24(35-20)34-19-5-3-2-4-16(19)12-15-6-8-17(9-7-15)33-18-10-11-31-13-18/h2-9,18,20-24,26-28H,10-14H2,1H3/t18-,20-,21-,22+,23-,24-/m1/s1. The number of carbonyl (C=O) groups is 1. The van der Waals surface area contributed by atoms with Crippen LogP contribution in [0.5, 0.6) is 11.5 Å². The molecule has 3 N–H and O–H groups in total. The molecule has 0 saturated carbocycles. The molecule has 190 valence electrons. The van der Waals surface area contributed by atoms with Crippen molar-refractivity contribution in [3.05, 3.63) is 59.7 Å². The summed E-state index contributed by atoms with van der Waals surface area (Å²) in [6.45, 7) is 0.928. The van der Waals surface area contributed by atoms with Crippen LogP contribution in [0.25, 0.3) is 0 Å². The summed E-state index contributed by atoms with van der Waals surface area (Å²) >= 11 is 0. The maximum Gasteiger partial charge on any atom is 0.508 e. The summed E-state index contributed by atoms with van der Waals surface area (Å²) in [5.41, 5.74) is 1.84. The Hall–Kier alpha value is -2.89. The van der Waals surface area contributed by atoms with Crippen LogP contribution in [0.15, 0.2) is 48.5 Å². The van der Waals surface area contributed by atoms with Crippen LogP contribution in [0.1, 0.15) is 17.5 Å². The van der Waals surface area contributed by atoms with Gasteiger partial charge in [0.1, 0.15) is 48.6 Å². The van der Waals surface area contributed by atoms with Crippen molar-refractivity contribution in [2.75, 3.05) is 26.9 Å². The van der Waals surface area contributed by atoms with Crippen LogP contribution in [-0.2, 0) is 25.4 Å². The Kier molecular flexibility index (Phi) is 8.42. The van der Waals surface area contributed by atoms with Crippen LogP contribution in [0.4, 0.5) is 4.79 Å². The number of aliphatic hydroxyl groups excluding tert-OH is 3. The Morgan fingerprint density at radius 3 is 2.49 bits per heavy atom. The number of ether oxygens (including phenoxy) is 6. The van der Waals surface area contributed by atoms with Crippen LogP contribution in [-0.4, -0.2) is 85.2 Å². The second-order valence-electron chi connectivity index (χ2n) is 8.43. The van der Waals surface area contributed by atoms with Gasteiger partial charge in [0.2, 0.25) is 6.29 Å². The number of hydrogen-bond acceptors (Lipinski definition) is 10. The molecular formula is C25H30O10. The van der Waals surface area contributed by atoms with Gasteiger partial charge >= 0.3 is 6.16 Å². The van der Waals surface area contributed by atoms with Crippen LogP contribution >= 0.6 is 0 Å². The summed E-state index contributed by atoms with van der Waals surface area (Å²) in [6.07, 6.45) is -6.47. The van der Waals surface area contributed by atoms with Crippen LogP contribution in [0.2, 0.25) is 0 Å². The van der Waals surface area contributed by atoms with E-state index in [1.165, 1.54) is 0 Å². The molecule has 10 nitrogen and oxygen atoms in total. The third kappa shape index (κ3) is 6.41. The highest BCUT2D eigenvalue weighted by atomic mass is 16.7. The number of hydrogen-bond donors (Lipinski definition) is 3. The van der Waals surface area contributed by atoms with Crippen molar-refractivity contribution in [3.63, 3.8) is 0 Å². The first-order valence-electron chi connectivity index (χ1n) is 11.4. The molecule has 35 heavy (non-hydrogen) atoms. The number of para-hydroxylation sites is 1. The van der Waals surface area contributed by atoms with Gasteiger partial charge in [0.05, 0.1) is 20.3 Å². The van der Waals surface area contributed by atoms with E-state index in [0.717, 1.165) is 30.4 Å². The third-order valence-corrected chi connectivity index (χ3v) is 5.92. The van der Waals surface area contributed by atoms with E-state index in [2.05, 4.69) is 4.74 Å². The normalized spacial score (nSPS) is 28.3. The molecule has 2 aliphatic rings. The second kappa shape index (κ2) is 11.7. The van der Waals surface area contributed by atoms with Crippen molar-refractivity contribution < 1.29 is 48.5 Å². The van der Waals surface area contributed by atoms with E-state index in [4.69, 9.17) is 23.7 Å². The largest absolute Gasteiger partial charge is 0.508 e. The molecule has 0 unspecified atom stereocenters. The molecule has 4 rings (SSSR count). The van der Waals surface area contributed by atoms with Crippen LogP contribution < -0.4 is 9.47 Å². The van der Waals surface area contributed by atoms with Gasteiger partial charge in [-0.25, -0.2) is 4.79 Å². The van der Waals surface area contributed by atoms with Crippen LogP contribution in [0, 0.1) is 0 Å². The lowest BCUT2D eigenvalue weighted by atomic mass is 9.99. The summed E-state index contributed by atoms with van der Waals surface area (Å²) in [6, 6.07) is 15.0. The average molecular weight is 491 g/mol. The highest BCUT2D eigenvalue weighted by Gasteiger charge is 2.45. The van der Waals surface area contributed by atoms with Crippen molar-refractivity contribution in [1.82, 2.24) is 0 Å². The van der Waals surface area contributed by atoms with Gasteiger partial charge in [-0.3, -0.25) is 0 Å². The number of aliphatic hydroxyl groups is 3. The summed E-state index contributed by atoms with van der Waals surface area (Å²) < 4.78 is 32.0. The fourth-order valence-electron chi connectivity index (χ4n) is 3.95. The van der Waals surface area contributed by atoms with E-state index < -0.39 is 36.9 Å². The van der Waals surface area contributed by atoms with E-state index in [9.17, 15) is 20.1 Å². The fraction of sp³-hybridized carbons (Fsp3) is 0.480. The lowest BCUT2D eigenvalue weighted by Gasteiger charge is -2.40. The molecular weight excluding hydrogens is 460 g/mol. The molecule has 0 bridgehead atoms. The number of methoxy groups -OCH3 is 1. The molecule has 0 aliphatic carbocycles. The first-order valence-corrected chi connectivity index (χ1v) is 11.4. The topological polar surface area (TPSA) is 133 Å². The quantitative estimate of drug-likeness (QED) is 0.467. The predicted octanol–water partition coefficient (Wildman–Crippen LogP) is 1.41. The van der Waals surface area contributed by atoms with E-state index in [-0.39, 0.29) is 12.7 Å². The zero-order chi connectivity index (χ0) is 24.8. The Balaban J connectivity index is 1.42. The van der Waals surface area contributed by atoms with Crippen molar-refractivity contribution in [2.45, 2.75) is 49.7 Å². The Morgan fingerprint density at radius 2 is 1.77 bits per heavy atom. The molecule has 2 aromatic rings. The van der Waals surface area contributed by atoms with Crippen molar-refractivity contribution in [3.8, 4) is 11.5 Å². The highest BCUT2D eigenvalue weighted by molar-refractivity contribution is 5.59. The summed E-state index contributed by atoms with van der Waals surface area (Å²) in [4.78, 5) is 11.3. The van der Waals surface area contributed by atoms with E-state index in [0.29, 0.717) is 25.4 Å². The number of rotatable bonds is 8. The molecule has 2 aliphatic heterocycles. The maximum absolute atomic E-state index is 11.3. The average Bonchev–Trinajstić information content (AvgIpc) is 3.38. The molecule has 2 fully saturated rings. The lowest BCUT2D eigenvalue weighted by Crippen LogP contribution is -2.60. The number of benzene rings is 2. The minimum atomic E-state index is -1.56. The zero-order valence-electron chi connectivity index (χ0n) is 19.3. The third-order valence-electron chi connectivity index (χ3n) is 5.92. The van der Waals surface area contributed by atoms with Gasteiger partial charge in [0.25, 0.3) is 0 Å². The molecule has 0 aromatic heterocycles. The Morgan fingerprint density at radius 1 is 1.00 bits per heavy atom. The second-order valence-corrected chi connectivity index (χ2v) is 8.43. The first-order chi connectivity index (χ1) is 16.9. The van der Waals surface area contributed by atoms with Crippen molar-refractivity contribution in [1.29, 1.82) is 0 Å². The molecule has 0 amide bonds. The number of carbonyl (C=O) groups excluding carboxylic acids is 1. The van der Waals surface area contributed by atoms with Gasteiger partial charge in [0, 0.05) is 12.8 Å². The van der Waals surface area contributed by atoms with Gasteiger partial charge in [-0.15, -0.1) is 0 Å². The highest BCUT2D eigenvalue weighted by Crippen LogP contribution is 2.29. The zero-order valence-corrected chi connectivity index (χ0v) is 19.3. The molecule has 0 spiro atoms. The smallest absolute Gasteiger partial charge is 0.488 e. The van der Waals surface area contributed by atoms with Gasteiger partial charge in [-0.1, -0.05) is 30.3 Å². The predicted molar refractivity (Wildman–Crippen MR) is 121 cm³/mol. The minimum Gasteiger partial charge on any atom is -0.488 e.